The maximum atomic E-state index is 12.1. The monoisotopic (exact) mass is 324 g/mol. The van der Waals surface area contributed by atoms with Crippen molar-refractivity contribution in [3.05, 3.63) is 32.9 Å². The van der Waals surface area contributed by atoms with E-state index < -0.39 is 0 Å². The topological polar surface area (TPSA) is 25.2 Å². The van der Waals surface area contributed by atoms with Crippen LogP contribution in [0.2, 0.25) is 5.02 Å². The van der Waals surface area contributed by atoms with Gasteiger partial charge in [-0.2, -0.15) is 0 Å². The van der Waals surface area contributed by atoms with Crippen LogP contribution in [0.1, 0.15) is 32.1 Å². The van der Waals surface area contributed by atoms with E-state index >= 15 is 0 Å². The van der Waals surface area contributed by atoms with E-state index in [-0.39, 0.29) is 4.87 Å². The molecule has 114 valence electrons. The standard InChI is InChI=1S/C16H21ClN2OS/c17-13-6-7-15-14(12-13)19(16(20)21-15)11-5-10-18-8-3-1-2-4-9-18/h6-7,12H,1-5,8-11H2. The Balaban J connectivity index is 1.66. The number of aryl methyl sites for hydroxylation is 1. The van der Waals surface area contributed by atoms with Crippen LogP contribution in [0, 0.1) is 0 Å². The summed E-state index contributed by atoms with van der Waals surface area (Å²) in [6.45, 7) is 4.30. The first-order chi connectivity index (χ1) is 10.2. The van der Waals surface area contributed by atoms with E-state index in [0.717, 1.165) is 29.7 Å². The zero-order valence-electron chi connectivity index (χ0n) is 12.2. The van der Waals surface area contributed by atoms with Crippen molar-refractivity contribution in [3.8, 4) is 0 Å². The quantitative estimate of drug-likeness (QED) is 0.850. The Bertz CT molecular complexity index is 656. The highest BCUT2D eigenvalue weighted by atomic mass is 35.5. The first kappa shape index (κ1) is 15.1. The second-order valence-electron chi connectivity index (χ2n) is 5.74. The molecule has 1 aliphatic rings. The van der Waals surface area contributed by atoms with Gasteiger partial charge in [0.05, 0.1) is 10.2 Å². The molecule has 1 aromatic heterocycles. The van der Waals surface area contributed by atoms with Gasteiger partial charge in [0.15, 0.2) is 0 Å². The molecule has 1 fully saturated rings. The maximum Gasteiger partial charge on any atom is 0.308 e. The lowest BCUT2D eigenvalue weighted by molar-refractivity contribution is 0.276. The number of hydrogen-bond donors (Lipinski definition) is 0. The van der Waals surface area contributed by atoms with Crippen molar-refractivity contribution in [1.29, 1.82) is 0 Å². The first-order valence-electron chi connectivity index (χ1n) is 7.75. The number of fused-ring (bicyclic) bond motifs is 1. The van der Waals surface area contributed by atoms with E-state index in [0.29, 0.717) is 5.02 Å². The third-order valence-electron chi connectivity index (χ3n) is 4.18. The van der Waals surface area contributed by atoms with Crippen molar-refractivity contribution < 1.29 is 0 Å². The molecule has 1 saturated heterocycles. The van der Waals surface area contributed by atoms with Gasteiger partial charge in [-0.15, -0.1) is 0 Å². The molecule has 0 radical (unpaired) electrons. The van der Waals surface area contributed by atoms with Crippen LogP contribution >= 0.6 is 22.9 Å². The third-order valence-corrected chi connectivity index (χ3v) is 5.38. The number of hydrogen-bond acceptors (Lipinski definition) is 3. The van der Waals surface area contributed by atoms with Crippen LogP contribution < -0.4 is 4.87 Å². The van der Waals surface area contributed by atoms with Gasteiger partial charge in [-0.3, -0.25) is 9.36 Å². The number of halogens is 1. The Hall–Kier alpha value is -0.840. The van der Waals surface area contributed by atoms with Crippen molar-refractivity contribution in [2.45, 2.75) is 38.6 Å². The van der Waals surface area contributed by atoms with Gasteiger partial charge in [-0.05, 0) is 57.1 Å². The van der Waals surface area contributed by atoms with Crippen molar-refractivity contribution in [2.75, 3.05) is 19.6 Å². The minimum atomic E-state index is 0.128. The number of nitrogens with zero attached hydrogens (tertiary/aromatic N) is 2. The molecule has 5 heteroatoms. The molecule has 0 atom stereocenters. The second kappa shape index (κ2) is 6.95. The fourth-order valence-corrected chi connectivity index (χ4v) is 4.12. The number of likely N-dealkylation sites (tertiary alicyclic amines) is 1. The van der Waals surface area contributed by atoms with Crippen LogP contribution in [0.5, 0.6) is 0 Å². The van der Waals surface area contributed by atoms with Crippen LogP contribution in [0.15, 0.2) is 23.0 Å². The SMILES string of the molecule is O=c1sc2ccc(Cl)cc2n1CCCN1CCCCCC1. The van der Waals surface area contributed by atoms with Crippen molar-refractivity contribution in [3.63, 3.8) is 0 Å². The van der Waals surface area contributed by atoms with Crippen molar-refractivity contribution in [2.24, 2.45) is 0 Å². The van der Waals surface area contributed by atoms with E-state index in [2.05, 4.69) is 4.90 Å². The number of thiazole rings is 1. The number of benzene rings is 1. The Morgan fingerprint density at radius 1 is 1.10 bits per heavy atom. The number of aromatic nitrogens is 1. The lowest BCUT2D eigenvalue weighted by atomic mass is 10.2. The third kappa shape index (κ3) is 3.68. The van der Waals surface area contributed by atoms with E-state index in [4.69, 9.17) is 11.6 Å². The molecule has 2 aromatic rings. The smallest absolute Gasteiger partial charge is 0.303 e. The van der Waals surface area contributed by atoms with Gasteiger partial charge in [0.1, 0.15) is 0 Å². The number of rotatable bonds is 4. The summed E-state index contributed by atoms with van der Waals surface area (Å²) in [5.74, 6) is 0. The van der Waals surface area contributed by atoms with Crippen LogP contribution in [-0.4, -0.2) is 29.1 Å². The highest BCUT2D eigenvalue weighted by Crippen LogP contribution is 2.21. The molecule has 1 aromatic carbocycles. The maximum absolute atomic E-state index is 12.1. The van der Waals surface area contributed by atoms with Gasteiger partial charge in [0.2, 0.25) is 0 Å². The summed E-state index contributed by atoms with van der Waals surface area (Å²) in [7, 11) is 0. The average Bonchev–Trinajstić information content (AvgIpc) is 2.66. The Labute approximate surface area is 134 Å². The largest absolute Gasteiger partial charge is 0.308 e. The Kier molecular flexibility index (Phi) is 4.99. The van der Waals surface area contributed by atoms with Gasteiger partial charge in [0, 0.05) is 11.6 Å². The molecule has 0 bridgehead atoms. The minimum absolute atomic E-state index is 0.128. The van der Waals surface area contributed by atoms with E-state index in [1.165, 1.54) is 50.1 Å². The first-order valence-corrected chi connectivity index (χ1v) is 8.95. The summed E-state index contributed by atoms with van der Waals surface area (Å²) in [4.78, 5) is 14.8. The average molecular weight is 325 g/mol. The molecule has 0 aliphatic carbocycles. The summed E-state index contributed by atoms with van der Waals surface area (Å²) in [5.41, 5.74) is 0.980. The predicted molar refractivity (Wildman–Crippen MR) is 90.6 cm³/mol. The van der Waals surface area contributed by atoms with E-state index in [1.54, 1.807) is 0 Å². The molecule has 0 N–H and O–H groups in total. The predicted octanol–water partition coefficient (Wildman–Crippen LogP) is 3.98. The molecule has 3 rings (SSSR count). The molecule has 0 amide bonds. The summed E-state index contributed by atoms with van der Waals surface area (Å²) in [5, 5.41) is 0.696. The van der Waals surface area contributed by atoms with Gasteiger partial charge in [0.25, 0.3) is 0 Å². The van der Waals surface area contributed by atoms with Gasteiger partial charge >= 0.3 is 4.87 Å². The fourth-order valence-electron chi connectivity index (χ4n) is 3.06. The van der Waals surface area contributed by atoms with E-state index in [9.17, 15) is 4.79 Å². The molecule has 2 heterocycles. The van der Waals surface area contributed by atoms with Crippen LogP contribution in [0.25, 0.3) is 10.2 Å². The zero-order chi connectivity index (χ0) is 14.7. The van der Waals surface area contributed by atoms with Crippen molar-refractivity contribution >= 4 is 33.2 Å². The minimum Gasteiger partial charge on any atom is -0.303 e. The van der Waals surface area contributed by atoms with Crippen molar-refractivity contribution in [1.82, 2.24) is 9.47 Å². The normalized spacial score (nSPS) is 17.2. The van der Waals surface area contributed by atoms with E-state index in [1.807, 2.05) is 22.8 Å². The molecule has 0 saturated carbocycles. The summed E-state index contributed by atoms with van der Waals surface area (Å²) < 4.78 is 2.91. The molecule has 21 heavy (non-hydrogen) atoms. The van der Waals surface area contributed by atoms with Crippen LogP contribution in [0.3, 0.4) is 0 Å². The lowest BCUT2D eigenvalue weighted by Crippen LogP contribution is -2.27. The van der Waals surface area contributed by atoms with Crippen LogP contribution in [0.4, 0.5) is 0 Å². The van der Waals surface area contributed by atoms with Crippen LogP contribution in [-0.2, 0) is 6.54 Å². The summed E-state index contributed by atoms with van der Waals surface area (Å²) >= 11 is 7.37. The molecule has 0 unspecified atom stereocenters. The van der Waals surface area contributed by atoms with Gasteiger partial charge in [-0.1, -0.05) is 35.8 Å². The zero-order valence-corrected chi connectivity index (χ0v) is 13.8. The highest BCUT2D eigenvalue weighted by molar-refractivity contribution is 7.16. The lowest BCUT2D eigenvalue weighted by Gasteiger charge is -2.19. The molecule has 0 spiro atoms. The molecule has 3 nitrogen and oxygen atoms in total. The Morgan fingerprint density at radius 2 is 1.86 bits per heavy atom. The second-order valence-corrected chi connectivity index (χ2v) is 7.17. The highest BCUT2D eigenvalue weighted by Gasteiger charge is 2.11. The Morgan fingerprint density at radius 3 is 2.62 bits per heavy atom. The summed E-state index contributed by atoms with van der Waals surface area (Å²) in [6, 6.07) is 5.69. The summed E-state index contributed by atoms with van der Waals surface area (Å²) in [6.07, 6.45) is 6.39. The van der Waals surface area contributed by atoms with Gasteiger partial charge < -0.3 is 4.90 Å². The molecular formula is C16H21ClN2OS. The molecule has 1 aliphatic heterocycles. The fraction of sp³-hybridized carbons (Fsp3) is 0.562. The van der Waals surface area contributed by atoms with Gasteiger partial charge in [-0.25, -0.2) is 0 Å². The molecular weight excluding hydrogens is 304 g/mol.